The maximum atomic E-state index is 13.2. The zero-order valence-electron chi connectivity index (χ0n) is 21.2. The first kappa shape index (κ1) is 26.6. The molecule has 3 rings (SSSR count). The number of carbonyl (C=O) groups is 2. The second-order valence-corrected chi connectivity index (χ2v) is 9.39. The monoisotopic (exact) mass is 492 g/mol. The SMILES string of the molecule is COC(=O)[C@]1(Cc2ccc(O)c(CC=C(C)C)c2)OC(=O)C(O)=C1c1ccc(O)c(CC=C(C)C)c1. The maximum Gasteiger partial charge on any atom is 0.375 e. The lowest BCUT2D eigenvalue weighted by atomic mass is 9.82. The van der Waals surface area contributed by atoms with E-state index in [1.54, 1.807) is 18.2 Å². The van der Waals surface area contributed by atoms with Gasteiger partial charge in [-0.2, -0.15) is 0 Å². The van der Waals surface area contributed by atoms with Crippen LogP contribution in [-0.2, 0) is 38.3 Å². The van der Waals surface area contributed by atoms with Gasteiger partial charge in [-0.05, 0) is 81.0 Å². The average molecular weight is 493 g/mol. The summed E-state index contributed by atoms with van der Waals surface area (Å²) in [7, 11) is 1.18. The Hall–Kier alpha value is -4.00. The minimum absolute atomic E-state index is 0.0308. The number of phenolic OH excluding ortho intramolecular Hbond substituents is 2. The highest BCUT2D eigenvalue weighted by molar-refractivity contribution is 6.11. The topological polar surface area (TPSA) is 113 Å². The minimum atomic E-state index is -1.95. The van der Waals surface area contributed by atoms with E-state index in [-0.39, 0.29) is 23.5 Å². The molecular formula is C29H32O7. The first-order valence-electron chi connectivity index (χ1n) is 11.6. The number of benzene rings is 2. The van der Waals surface area contributed by atoms with Crippen molar-refractivity contribution >= 4 is 17.5 Å². The summed E-state index contributed by atoms with van der Waals surface area (Å²) in [6.45, 7) is 7.78. The van der Waals surface area contributed by atoms with E-state index in [9.17, 15) is 24.9 Å². The Labute approximate surface area is 211 Å². The van der Waals surface area contributed by atoms with Gasteiger partial charge in [-0.1, -0.05) is 41.5 Å². The molecule has 1 aliphatic heterocycles. The molecule has 0 amide bonds. The molecule has 0 aromatic heterocycles. The summed E-state index contributed by atoms with van der Waals surface area (Å²) in [6, 6.07) is 9.47. The molecule has 36 heavy (non-hydrogen) atoms. The molecule has 0 radical (unpaired) electrons. The summed E-state index contributed by atoms with van der Waals surface area (Å²) < 4.78 is 10.6. The molecule has 0 saturated heterocycles. The summed E-state index contributed by atoms with van der Waals surface area (Å²) in [5, 5.41) is 31.4. The van der Waals surface area contributed by atoms with Crippen molar-refractivity contribution in [1.82, 2.24) is 0 Å². The van der Waals surface area contributed by atoms with E-state index in [2.05, 4.69) is 0 Å². The second kappa shape index (κ2) is 10.7. The number of aromatic hydroxyl groups is 2. The molecule has 1 atom stereocenters. The Kier molecular flexibility index (Phi) is 7.93. The summed E-state index contributed by atoms with van der Waals surface area (Å²) in [5.41, 5.74) is 2.30. The van der Waals surface area contributed by atoms with Crippen LogP contribution in [0.4, 0.5) is 0 Å². The third-order valence-corrected chi connectivity index (χ3v) is 6.04. The third-order valence-electron chi connectivity index (χ3n) is 6.04. The number of rotatable bonds is 8. The number of cyclic esters (lactones) is 1. The van der Waals surface area contributed by atoms with Gasteiger partial charge in [0.1, 0.15) is 11.5 Å². The van der Waals surface area contributed by atoms with E-state index in [0.29, 0.717) is 35.1 Å². The van der Waals surface area contributed by atoms with Crippen molar-refractivity contribution in [2.24, 2.45) is 0 Å². The quantitative estimate of drug-likeness (QED) is 0.347. The van der Waals surface area contributed by atoms with E-state index in [1.165, 1.54) is 25.3 Å². The van der Waals surface area contributed by atoms with Gasteiger partial charge in [-0.3, -0.25) is 0 Å². The first-order valence-corrected chi connectivity index (χ1v) is 11.6. The fraction of sp³-hybridized carbons (Fsp3) is 0.310. The lowest BCUT2D eigenvalue weighted by Crippen LogP contribution is -2.44. The van der Waals surface area contributed by atoms with Gasteiger partial charge in [0, 0.05) is 6.42 Å². The molecule has 2 aromatic rings. The Morgan fingerprint density at radius 1 is 0.917 bits per heavy atom. The van der Waals surface area contributed by atoms with Gasteiger partial charge in [-0.25, -0.2) is 9.59 Å². The van der Waals surface area contributed by atoms with Crippen LogP contribution in [0.1, 0.15) is 49.9 Å². The van der Waals surface area contributed by atoms with Crippen LogP contribution >= 0.6 is 0 Å². The number of aliphatic hydroxyl groups is 1. The Morgan fingerprint density at radius 2 is 1.47 bits per heavy atom. The number of aliphatic hydroxyl groups excluding tert-OH is 1. The van der Waals surface area contributed by atoms with Crippen molar-refractivity contribution in [2.45, 2.75) is 52.6 Å². The van der Waals surface area contributed by atoms with Crippen molar-refractivity contribution in [3.63, 3.8) is 0 Å². The van der Waals surface area contributed by atoms with Gasteiger partial charge in [0.15, 0.2) is 0 Å². The van der Waals surface area contributed by atoms with E-state index in [0.717, 1.165) is 11.1 Å². The highest BCUT2D eigenvalue weighted by Crippen LogP contribution is 2.43. The molecule has 0 aliphatic carbocycles. The number of phenols is 2. The van der Waals surface area contributed by atoms with E-state index < -0.39 is 23.3 Å². The summed E-state index contributed by atoms with van der Waals surface area (Å²) in [4.78, 5) is 25.8. The lowest BCUT2D eigenvalue weighted by Gasteiger charge is -2.28. The van der Waals surface area contributed by atoms with Gasteiger partial charge in [0.25, 0.3) is 0 Å². The minimum Gasteiger partial charge on any atom is -0.508 e. The molecule has 190 valence electrons. The highest BCUT2D eigenvalue weighted by Gasteiger charge is 2.55. The molecule has 7 heteroatoms. The van der Waals surface area contributed by atoms with Gasteiger partial charge >= 0.3 is 11.9 Å². The number of carbonyl (C=O) groups excluding carboxylic acids is 2. The van der Waals surface area contributed by atoms with Crippen LogP contribution in [0.15, 0.2) is 65.5 Å². The molecule has 0 bridgehead atoms. The molecule has 7 nitrogen and oxygen atoms in total. The van der Waals surface area contributed by atoms with Crippen molar-refractivity contribution in [2.75, 3.05) is 7.11 Å². The van der Waals surface area contributed by atoms with Crippen molar-refractivity contribution in [1.29, 1.82) is 0 Å². The number of allylic oxidation sites excluding steroid dienone is 4. The lowest BCUT2D eigenvalue weighted by molar-refractivity contribution is -0.169. The van der Waals surface area contributed by atoms with Crippen LogP contribution in [0.3, 0.4) is 0 Å². The van der Waals surface area contributed by atoms with E-state index >= 15 is 0 Å². The molecule has 1 heterocycles. The van der Waals surface area contributed by atoms with Crippen LogP contribution in [0, 0.1) is 0 Å². The van der Waals surface area contributed by atoms with Crippen molar-refractivity contribution in [3.8, 4) is 11.5 Å². The summed E-state index contributed by atoms with van der Waals surface area (Å²) >= 11 is 0. The average Bonchev–Trinajstić information content (AvgIpc) is 3.08. The maximum absolute atomic E-state index is 13.2. The van der Waals surface area contributed by atoms with Crippen LogP contribution in [-0.4, -0.2) is 40.0 Å². The second-order valence-electron chi connectivity index (χ2n) is 9.39. The molecule has 0 fully saturated rings. The van der Waals surface area contributed by atoms with Crippen LogP contribution in [0.25, 0.3) is 5.57 Å². The fourth-order valence-electron chi connectivity index (χ4n) is 4.16. The van der Waals surface area contributed by atoms with Crippen LogP contribution in [0.5, 0.6) is 11.5 Å². The number of hydrogen-bond donors (Lipinski definition) is 3. The fourth-order valence-corrected chi connectivity index (χ4v) is 4.16. The zero-order chi connectivity index (χ0) is 26.6. The molecular weight excluding hydrogens is 460 g/mol. The third kappa shape index (κ3) is 5.46. The Balaban J connectivity index is 2.14. The zero-order valence-corrected chi connectivity index (χ0v) is 21.2. The summed E-state index contributed by atoms with van der Waals surface area (Å²) in [6.07, 6.45) is 4.67. The van der Waals surface area contributed by atoms with Crippen LogP contribution in [0.2, 0.25) is 0 Å². The highest BCUT2D eigenvalue weighted by atomic mass is 16.6. The number of hydrogen-bond acceptors (Lipinski definition) is 7. The van der Waals surface area contributed by atoms with Crippen LogP contribution < -0.4 is 0 Å². The predicted octanol–water partition coefficient (Wildman–Crippen LogP) is 5.10. The van der Waals surface area contributed by atoms with Crippen molar-refractivity contribution < 1.29 is 34.4 Å². The van der Waals surface area contributed by atoms with E-state index in [1.807, 2.05) is 39.8 Å². The van der Waals surface area contributed by atoms with Gasteiger partial charge < -0.3 is 24.8 Å². The summed E-state index contributed by atoms with van der Waals surface area (Å²) in [5.74, 6) is -2.44. The Bertz CT molecular complexity index is 1270. The first-order chi connectivity index (χ1) is 17.0. The standard InChI is InChI=1S/C29H32O7/c1-17(2)6-9-20-14-19(8-12-23(20)30)16-29(28(34)35-5)25(26(32)27(33)36-29)22-11-13-24(31)21(15-22)10-7-18(3)4/h6-8,11-15,30-32H,9-10,16H2,1-5H3/t29-/m1/s1. The molecule has 0 unspecified atom stereocenters. The molecule has 2 aromatic carbocycles. The number of ether oxygens (including phenoxy) is 2. The van der Waals surface area contributed by atoms with Gasteiger partial charge in [-0.15, -0.1) is 0 Å². The van der Waals surface area contributed by atoms with Gasteiger partial charge in [0.2, 0.25) is 11.4 Å². The van der Waals surface area contributed by atoms with Gasteiger partial charge in [0.05, 0.1) is 12.7 Å². The molecule has 0 saturated carbocycles. The molecule has 1 aliphatic rings. The molecule has 0 spiro atoms. The largest absolute Gasteiger partial charge is 0.508 e. The predicted molar refractivity (Wildman–Crippen MR) is 137 cm³/mol. The van der Waals surface area contributed by atoms with E-state index in [4.69, 9.17) is 9.47 Å². The molecule has 3 N–H and O–H groups in total. The number of esters is 2. The Morgan fingerprint density at radius 3 is 2.03 bits per heavy atom. The normalized spacial score (nSPS) is 17.0. The smallest absolute Gasteiger partial charge is 0.375 e. The number of methoxy groups -OCH3 is 1. The van der Waals surface area contributed by atoms with Crippen molar-refractivity contribution in [3.05, 3.63) is 87.7 Å².